The van der Waals surface area contributed by atoms with Gasteiger partial charge in [0.1, 0.15) is 6.04 Å². The number of hydrogen-bond acceptors (Lipinski definition) is 4. The third kappa shape index (κ3) is 8.19. The molecule has 0 aliphatic rings. The quantitative estimate of drug-likeness (QED) is 0.368. The summed E-state index contributed by atoms with van der Waals surface area (Å²) in [5.74, 6) is -0.638. The number of amides is 4. The molecule has 8 nitrogen and oxygen atoms in total. The van der Waals surface area contributed by atoms with Crippen LogP contribution in [0.5, 0.6) is 0 Å². The van der Waals surface area contributed by atoms with E-state index in [0.29, 0.717) is 25.3 Å². The predicted octanol–water partition coefficient (Wildman–Crippen LogP) is 3.05. The first kappa shape index (κ1) is 25.1. The van der Waals surface area contributed by atoms with Crippen LogP contribution >= 0.6 is 0 Å². The van der Waals surface area contributed by atoms with Crippen LogP contribution in [0.25, 0.3) is 0 Å². The Balaban J connectivity index is 1.97. The lowest BCUT2D eigenvalue weighted by atomic mass is 10.1. The number of carbonyl (C=O) groups is 3. The number of hydroxylamine groups is 2. The van der Waals surface area contributed by atoms with Crippen LogP contribution in [-0.4, -0.2) is 45.3 Å². The van der Waals surface area contributed by atoms with Gasteiger partial charge in [0.05, 0.1) is 0 Å². The Morgan fingerprint density at radius 3 is 2.44 bits per heavy atom. The van der Waals surface area contributed by atoms with Gasteiger partial charge in [0.2, 0.25) is 5.91 Å². The van der Waals surface area contributed by atoms with Gasteiger partial charge < -0.3 is 15.2 Å². The van der Waals surface area contributed by atoms with E-state index < -0.39 is 18.0 Å². The summed E-state index contributed by atoms with van der Waals surface area (Å²) < 4.78 is 1.98. The van der Waals surface area contributed by atoms with Crippen molar-refractivity contribution in [2.75, 3.05) is 6.54 Å². The summed E-state index contributed by atoms with van der Waals surface area (Å²) in [6.07, 6.45) is 4.27. The minimum absolute atomic E-state index is 0.0638. The summed E-state index contributed by atoms with van der Waals surface area (Å²) >= 11 is 0. The summed E-state index contributed by atoms with van der Waals surface area (Å²) in [6, 6.07) is 11.2. The number of benzene rings is 1. The van der Waals surface area contributed by atoms with Crippen LogP contribution in [0.1, 0.15) is 44.4 Å². The molecule has 2 rings (SSSR count). The molecule has 0 bridgehead atoms. The van der Waals surface area contributed by atoms with Gasteiger partial charge in [-0.1, -0.05) is 50.6 Å². The topological polar surface area (TPSA) is 104 Å². The van der Waals surface area contributed by atoms with E-state index in [-0.39, 0.29) is 23.8 Å². The molecule has 0 aliphatic heterocycles. The van der Waals surface area contributed by atoms with Crippen LogP contribution in [0.15, 0.2) is 48.7 Å². The molecule has 0 spiro atoms. The minimum Gasteiger partial charge on any atom is -0.354 e. The molecule has 1 heterocycles. The molecular weight excluding hydrogens is 408 g/mol. The van der Waals surface area contributed by atoms with E-state index in [1.165, 1.54) is 0 Å². The number of hydrogen-bond donors (Lipinski definition) is 3. The molecule has 32 heavy (non-hydrogen) atoms. The zero-order valence-electron chi connectivity index (χ0n) is 19.1. The Morgan fingerprint density at radius 2 is 1.81 bits per heavy atom. The highest BCUT2D eigenvalue weighted by atomic mass is 16.5. The fraction of sp³-hybridized carbons (Fsp3) is 0.458. The zero-order valence-corrected chi connectivity index (χ0v) is 19.1. The number of nitrogens with zero attached hydrogens (tertiary/aromatic N) is 2. The van der Waals surface area contributed by atoms with Crippen molar-refractivity contribution >= 4 is 17.8 Å². The summed E-state index contributed by atoms with van der Waals surface area (Å²) in [7, 11) is 1.93. The maximum Gasteiger partial charge on any atom is 0.349 e. The molecule has 0 saturated heterocycles. The van der Waals surface area contributed by atoms with Gasteiger partial charge >= 0.3 is 6.03 Å². The van der Waals surface area contributed by atoms with E-state index in [2.05, 4.69) is 10.6 Å². The molecular formula is C24H34N4O4. The number of aryl methyl sites for hydroxylation is 1. The number of rotatable bonds is 11. The number of carbonyl (C=O) groups excluding carboxylic acids is 3. The van der Waals surface area contributed by atoms with Crippen LogP contribution in [0.2, 0.25) is 0 Å². The van der Waals surface area contributed by atoms with Crippen LogP contribution < -0.4 is 10.6 Å². The van der Waals surface area contributed by atoms with Crippen LogP contribution in [-0.2, 0) is 29.5 Å². The van der Waals surface area contributed by atoms with Gasteiger partial charge in [-0.15, -0.1) is 5.06 Å². The van der Waals surface area contributed by atoms with Gasteiger partial charge in [0, 0.05) is 44.7 Å². The standard InChI is InChI=1S/C24H34N4O4/c1-18(2)9-7-13-22(29)28(32)24(31)26-21(17-19-10-5-4-6-11-19)23(30)25-15-14-20-12-8-16-27(20)3/h4-6,8,10-12,16,18,21,32H,7,9,13-15,17H2,1-3H3,(H,25,30)(H,26,31)/t21-/m0/s1. The predicted molar refractivity (Wildman–Crippen MR) is 122 cm³/mol. The summed E-state index contributed by atoms with van der Waals surface area (Å²) in [6.45, 7) is 4.48. The Bertz CT molecular complexity index is 879. The van der Waals surface area contributed by atoms with Crippen molar-refractivity contribution in [2.24, 2.45) is 13.0 Å². The monoisotopic (exact) mass is 442 g/mol. The number of imide groups is 1. The van der Waals surface area contributed by atoms with E-state index in [4.69, 9.17) is 0 Å². The molecule has 2 aromatic rings. The molecule has 1 atom stereocenters. The van der Waals surface area contributed by atoms with Gasteiger partial charge in [-0.3, -0.25) is 14.8 Å². The highest BCUT2D eigenvalue weighted by Gasteiger charge is 2.26. The van der Waals surface area contributed by atoms with Crippen molar-refractivity contribution in [1.29, 1.82) is 0 Å². The number of urea groups is 1. The third-order valence-electron chi connectivity index (χ3n) is 5.23. The maximum atomic E-state index is 12.8. The van der Waals surface area contributed by atoms with Gasteiger partial charge in [0.25, 0.3) is 5.91 Å². The highest BCUT2D eigenvalue weighted by molar-refractivity contribution is 5.95. The van der Waals surface area contributed by atoms with Gasteiger partial charge in [-0.05, 0) is 30.0 Å². The molecule has 174 valence electrons. The van der Waals surface area contributed by atoms with Crippen LogP contribution in [0, 0.1) is 5.92 Å². The lowest BCUT2D eigenvalue weighted by Gasteiger charge is -2.21. The van der Waals surface area contributed by atoms with Crippen molar-refractivity contribution in [2.45, 2.75) is 52.0 Å². The van der Waals surface area contributed by atoms with Gasteiger partial charge in [0.15, 0.2) is 0 Å². The average molecular weight is 443 g/mol. The molecule has 0 aliphatic carbocycles. The molecule has 0 radical (unpaired) electrons. The van der Waals surface area contributed by atoms with Gasteiger partial charge in [-0.25, -0.2) is 4.79 Å². The summed E-state index contributed by atoms with van der Waals surface area (Å²) in [4.78, 5) is 37.4. The van der Waals surface area contributed by atoms with E-state index in [9.17, 15) is 19.6 Å². The SMILES string of the molecule is CC(C)CCCC(=O)N(O)C(=O)N[C@@H](Cc1ccccc1)C(=O)NCCc1cccn1C. The van der Waals surface area contributed by atoms with Crippen molar-refractivity contribution < 1.29 is 19.6 Å². The average Bonchev–Trinajstić information content (AvgIpc) is 3.17. The second kappa shape index (κ2) is 12.7. The smallest absolute Gasteiger partial charge is 0.349 e. The number of aromatic nitrogens is 1. The Labute approximate surface area is 189 Å². The first-order valence-electron chi connectivity index (χ1n) is 11.0. The van der Waals surface area contributed by atoms with E-state index >= 15 is 0 Å². The Kier molecular flexibility index (Phi) is 9.94. The molecule has 3 N–H and O–H groups in total. The fourth-order valence-electron chi connectivity index (χ4n) is 3.34. The van der Waals surface area contributed by atoms with Gasteiger partial charge in [-0.2, -0.15) is 0 Å². The maximum absolute atomic E-state index is 12.8. The fourth-order valence-corrected chi connectivity index (χ4v) is 3.34. The number of nitrogens with one attached hydrogen (secondary N) is 2. The molecule has 0 fully saturated rings. The Hall–Kier alpha value is -3.13. The summed E-state index contributed by atoms with van der Waals surface area (Å²) in [5, 5.41) is 15.4. The molecule has 1 aromatic heterocycles. The normalized spacial score (nSPS) is 11.8. The summed E-state index contributed by atoms with van der Waals surface area (Å²) in [5.41, 5.74) is 1.92. The second-order valence-corrected chi connectivity index (χ2v) is 8.33. The second-order valence-electron chi connectivity index (χ2n) is 8.33. The molecule has 0 unspecified atom stereocenters. The van der Waals surface area contributed by atoms with Crippen LogP contribution in [0.3, 0.4) is 0 Å². The molecule has 1 aromatic carbocycles. The molecule has 8 heteroatoms. The zero-order chi connectivity index (χ0) is 23.5. The highest BCUT2D eigenvalue weighted by Crippen LogP contribution is 2.09. The van der Waals surface area contributed by atoms with E-state index in [1.807, 2.05) is 74.1 Å². The first-order chi connectivity index (χ1) is 15.3. The molecule has 4 amide bonds. The Morgan fingerprint density at radius 1 is 1.09 bits per heavy atom. The molecule has 0 saturated carbocycles. The van der Waals surface area contributed by atoms with Crippen molar-refractivity contribution in [3.63, 3.8) is 0 Å². The largest absolute Gasteiger partial charge is 0.354 e. The first-order valence-corrected chi connectivity index (χ1v) is 11.0. The van der Waals surface area contributed by atoms with Crippen molar-refractivity contribution in [3.05, 3.63) is 59.9 Å². The van der Waals surface area contributed by atoms with Crippen molar-refractivity contribution in [3.8, 4) is 0 Å². The third-order valence-corrected chi connectivity index (χ3v) is 5.23. The van der Waals surface area contributed by atoms with Crippen molar-refractivity contribution in [1.82, 2.24) is 20.3 Å². The van der Waals surface area contributed by atoms with E-state index in [1.54, 1.807) is 0 Å². The minimum atomic E-state index is -1.00. The lowest BCUT2D eigenvalue weighted by Crippen LogP contribution is -2.53. The van der Waals surface area contributed by atoms with Crippen LogP contribution in [0.4, 0.5) is 4.79 Å². The lowest BCUT2D eigenvalue weighted by molar-refractivity contribution is -0.153. The van der Waals surface area contributed by atoms with E-state index in [0.717, 1.165) is 17.7 Å².